The Morgan fingerprint density at radius 2 is 2.27 bits per heavy atom. The number of allylic oxidation sites excluding steroid dienone is 1. The van der Waals surface area contributed by atoms with Crippen LogP contribution in [-0.2, 0) is 4.79 Å². The van der Waals surface area contributed by atoms with Crippen LogP contribution in [0.4, 0.5) is 0 Å². The summed E-state index contributed by atoms with van der Waals surface area (Å²) in [6, 6.07) is 3.60. The summed E-state index contributed by atoms with van der Waals surface area (Å²) in [6.45, 7) is 3.31. The molecule has 2 heteroatoms. The Kier molecular flexibility index (Phi) is 2.26. The molecule has 0 aliphatic rings. The second-order valence-corrected chi connectivity index (χ2v) is 2.40. The standard InChI is InChI=1S/C9H10O2/c1-7(8(2)10)6-9-4-3-5-11-9/h3-6H,1-2H3. The zero-order valence-electron chi connectivity index (χ0n) is 6.63. The third-order valence-corrected chi connectivity index (χ3v) is 1.46. The first-order valence-electron chi connectivity index (χ1n) is 3.43. The highest BCUT2D eigenvalue weighted by molar-refractivity contribution is 5.96. The fourth-order valence-electron chi connectivity index (χ4n) is 0.688. The minimum Gasteiger partial charge on any atom is -0.465 e. The van der Waals surface area contributed by atoms with Crippen LogP contribution in [0.25, 0.3) is 6.08 Å². The van der Waals surface area contributed by atoms with Gasteiger partial charge in [0.2, 0.25) is 0 Å². The zero-order valence-corrected chi connectivity index (χ0v) is 6.63. The van der Waals surface area contributed by atoms with Crippen LogP contribution in [0, 0.1) is 0 Å². The number of rotatable bonds is 2. The van der Waals surface area contributed by atoms with E-state index in [1.165, 1.54) is 6.92 Å². The van der Waals surface area contributed by atoms with Gasteiger partial charge in [-0.15, -0.1) is 0 Å². The van der Waals surface area contributed by atoms with E-state index < -0.39 is 0 Å². The largest absolute Gasteiger partial charge is 0.465 e. The number of carbonyl (C=O) groups excluding carboxylic acids is 1. The molecule has 1 heterocycles. The van der Waals surface area contributed by atoms with Crippen LogP contribution in [0.15, 0.2) is 28.4 Å². The molecule has 0 amide bonds. The van der Waals surface area contributed by atoms with Crippen LogP contribution in [0.3, 0.4) is 0 Å². The summed E-state index contributed by atoms with van der Waals surface area (Å²) in [5.41, 5.74) is 0.708. The predicted octanol–water partition coefficient (Wildman–Crippen LogP) is 2.27. The summed E-state index contributed by atoms with van der Waals surface area (Å²) in [5, 5.41) is 0. The maximum atomic E-state index is 10.8. The first-order chi connectivity index (χ1) is 5.20. The monoisotopic (exact) mass is 150 g/mol. The molecule has 1 aromatic rings. The number of ketones is 1. The summed E-state index contributed by atoms with van der Waals surface area (Å²) in [7, 11) is 0. The van der Waals surface area contributed by atoms with Gasteiger partial charge in [0.05, 0.1) is 6.26 Å². The second kappa shape index (κ2) is 3.19. The van der Waals surface area contributed by atoms with E-state index in [1.807, 2.05) is 6.07 Å². The van der Waals surface area contributed by atoms with Gasteiger partial charge in [-0.3, -0.25) is 4.79 Å². The van der Waals surface area contributed by atoms with Gasteiger partial charge < -0.3 is 4.42 Å². The van der Waals surface area contributed by atoms with Gasteiger partial charge in [-0.1, -0.05) is 0 Å². The van der Waals surface area contributed by atoms with Crippen molar-refractivity contribution in [2.45, 2.75) is 13.8 Å². The number of carbonyl (C=O) groups is 1. The van der Waals surface area contributed by atoms with Crippen LogP contribution >= 0.6 is 0 Å². The van der Waals surface area contributed by atoms with Gasteiger partial charge in [-0.25, -0.2) is 0 Å². The Morgan fingerprint density at radius 3 is 2.73 bits per heavy atom. The van der Waals surface area contributed by atoms with Crippen molar-refractivity contribution in [1.82, 2.24) is 0 Å². The van der Waals surface area contributed by atoms with E-state index in [-0.39, 0.29) is 5.78 Å². The fourth-order valence-corrected chi connectivity index (χ4v) is 0.688. The van der Waals surface area contributed by atoms with Crippen LogP contribution < -0.4 is 0 Å². The minimum atomic E-state index is 0.0707. The molecule has 1 aromatic heterocycles. The molecule has 11 heavy (non-hydrogen) atoms. The summed E-state index contributed by atoms with van der Waals surface area (Å²) >= 11 is 0. The topological polar surface area (TPSA) is 30.2 Å². The van der Waals surface area contributed by atoms with E-state index in [1.54, 1.807) is 25.3 Å². The molecule has 0 N–H and O–H groups in total. The smallest absolute Gasteiger partial charge is 0.155 e. The molecule has 0 fully saturated rings. The third kappa shape index (κ3) is 2.08. The van der Waals surface area contributed by atoms with Gasteiger partial charge in [0, 0.05) is 0 Å². The predicted molar refractivity (Wildman–Crippen MR) is 43.0 cm³/mol. The summed E-state index contributed by atoms with van der Waals surface area (Å²) in [6.07, 6.45) is 3.31. The first kappa shape index (κ1) is 7.79. The van der Waals surface area contributed by atoms with Gasteiger partial charge in [-0.2, -0.15) is 0 Å². The van der Waals surface area contributed by atoms with E-state index in [9.17, 15) is 4.79 Å². The SMILES string of the molecule is CC(=O)C(C)=Cc1ccco1. The van der Waals surface area contributed by atoms with E-state index in [0.717, 1.165) is 5.76 Å². The summed E-state index contributed by atoms with van der Waals surface area (Å²) in [5.74, 6) is 0.791. The Labute approximate surface area is 65.5 Å². The molecule has 0 saturated heterocycles. The molecular weight excluding hydrogens is 140 g/mol. The lowest BCUT2D eigenvalue weighted by molar-refractivity contribution is -0.113. The molecule has 0 aromatic carbocycles. The highest BCUT2D eigenvalue weighted by atomic mass is 16.3. The normalized spacial score (nSPS) is 11.6. The minimum absolute atomic E-state index is 0.0707. The molecule has 0 bridgehead atoms. The maximum absolute atomic E-state index is 10.8. The third-order valence-electron chi connectivity index (χ3n) is 1.46. The maximum Gasteiger partial charge on any atom is 0.155 e. The Morgan fingerprint density at radius 1 is 1.55 bits per heavy atom. The van der Waals surface area contributed by atoms with Crippen LogP contribution in [0.2, 0.25) is 0 Å². The van der Waals surface area contributed by atoms with Gasteiger partial charge in [0.1, 0.15) is 5.76 Å². The van der Waals surface area contributed by atoms with E-state index in [2.05, 4.69) is 0 Å². The van der Waals surface area contributed by atoms with Crippen molar-refractivity contribution in [2.24, 2.45) is 0 Å². The molecule has 0 unspecified atom stereocenters. The quantitative estimate of drug-likeness (QED) is 0.605. The van der Waals surface area contributed by atoms with Crippen molar-refractivity contribution < 1.29 is 9.21 Å². The number of Topliss-reactive ketones (excluding diaryl/α,β-unsaturated/α-hetero) is 1. The number of hydrogen-bond acceptors (Lipinski definition) is 2. The average molecular weight is 150 g/mol. The molecule has 0 spiro atoms. The van der Waals surface area contributed by atoms with Gasteiger partial charge >= 0.3 is 0 Å². The first-order valence-corrected chi connectivity index (χ1v) is 3.43. The lowest BCUT2D eigenvalue weighted by Crippen LogP contribution is -1.89. The van der Waals surface area contributed by atoms with Crippen molar-refractivity contribution in [3.63, 3.8) is 0 Å². The highest BCUT2D eigenvalue weighted by Crippen LogP contribution is 2.06. The van der Waals surface area contributed by atoms with Crippen molar-refractivity contribution in [3.8, 4) is 0 Å². The lowest BCUT2D eigenvalue weighted by atomic mass is 10.2. The van der Waals surface area contributed by atoms with Crippen LogP contribution in [-0.4, -0.2) is 5.78 Å². The van der Waals surface area contributed by atoms with E-state index in [4.69, 9.17) is 4.42 Å². The van der Waals surface area contributed by atoms with Gasteiger partial charge in [-0.05, 0) is 37.6 Å². The second-order valence-electron chi connectivity index (χ2n) is 2.40. The molecule has 0 aliphatic carbocycles. The van der Waals surface area contributed by atoms with Crippen LogP contribution in [0.5, 0.6) is 0 Å². The summed E-state index contributed by atoms with van der Waals surface area (Å²) < 4.78 is 5.03. The van der Waals surface area contributed by atoms with Gasteiger partial charge in [0.15, 0.2) is 5.78 Å². The van der Waals surface area contributed by atoms with Crippen LogP contribution in [0.1, 0.15) is 19.6 Å². The number of furan rings is 1. The molecule has 2 nitrogen and oxygen atoms in total. The number of hydrogen-bond donors (Lipinski definition) is 0. The highest BCUT2D eigenvalue weighted by Gasteiger charge is 1.96. The molecule has 0 atom stereocenters. The molecule has 0 aliphatic heterocycles. The molecule has 58 valence electrons. The van der Waals surface area contributed by atoms with Gasteiger partial charge in [0.25, 0.3) is 0 Å². The Hall–Kier alpha value is -1.31. The fraction of sp³-hybridized carbons (Fsp3) is 0.222. The van der Waals surface area contributed by atoms with Crippen molar-refractivity contribution in [1.29, 1.82) is 0 Å². The molecule has 1 rings (SSSR count). The Balaban J connectivity index is 2.82. The van der Waals surface area contributed by atoms with Crippen molar-refractivity contribution in [2.75, 3.05) is 0 Å². The van der Waals surface area contributed by atoms with E-state index in [0.29, 0.717) is 5.57 Å². The van der Waals surface area contributed by atoms with Crippen molar-refractivity contribution in [3.05, 3.63) is 29.7 Å². The summed E-state index contributed by atoms with van der Waals surface area (Å²) in [4.78, 5) is 10.8. The molecule has 0 saturated carbocycles. The molecule has 0 radical (unpaired) electrons. The zero-order chi connectivity index (χ0) is 8.27. The molecular formula is C9H10O2. The van der Waals surface area contributed by atoms with Crippen molar-refractivity contribution >= 4 is 11.9 Å². The average Bonchev–Trinajstić information content (AvgIpc) is 2.39. The lowest BCUT2D eigenvalue weighted by Gasteiger charge is -1.90. The van der Waals surface area contributed by atoms with E-state index >= 15 is 0 Å². The Bertz CT molecular complexity index is 268.